The van der Waals surface area contributed by atoms with Crippen LogP contribution >= 0.6 is 0 Å². The number of piperidine rings is 2. The number of nitrogens with zero attached hydrogens (tertiary/aromatic N) is 6. The maximum absolute atomic E-state index is 14.2. The largest absolute Gasteiger partial charge is 0.444 e. The molecule has 0 spiro atoms. The molecule has 3 fully saturated rings. The molecule has 1 N–H and O–H groups in total. The topological polar surface area (TPSA) is 135 Å². The number of hydrogen-bond donors (Lipinski definition) is 1. The lowest BCUT2D eigenvalue weighted by Gasteiger charge is -2.37. The molecule has 3 aliphatic heterocycles. The van der Waals surface area contributed by atoms with Crippen LogP contribution in [-0.4, -0.2) is 99.2 Å². The second kappa shape index (κ2) is 18.5. The van der Waals surface area contributed by atoms with E-state index >= 15 is 0 Å². The van der Waals surface area contributed by atoms with Crippen molar-refractivity contribution in [3.8, 4) is 11.3 Å². The molecule has 3 atom stereocenters. The Bertz CT molecular complexity index is 1700. The Labute approximate surface area is 327 Å². The molecule has 1 aromatic carbocycles. The number of aromatic nitrogens is 3. The Morgan fingerprint density at radius 1 is 0.891 bits per heavy atom. The molecule has 55 heavy (non-hydrogen) atoms. The maximum atomic E-state index is 14.2. The molecule has 3 aliphatic rings. The van der Waals surface area contributed by atoms with E-state index in [1.54, 1.807) is 16.0 Å². The van der Waals surface area contributed by atoms with Crippen LogP contribution in [0.3, 0.4) is 0 Å². The molecule has 3 aromatic rings. The summed E-state index contributed by atoms with van der Waals surface area (Å²) >= 11 is 0. The zero-order chi connectivity index (χ0) is 39.9. The summed E-state index contributed by atoms with van der Waals surface area (Å²) < 4.78 is 19.7. The lowest BCUT2D eigenvalue weighted by Crippen LogP contribution is -2.48. The van der Waals surface area contributed by atoms with Crippen LogP contribution < -0.4 is 10.2 Å². The van der Waals surface area contributed by atoms with Gasteiger partial charge in [-0.25, -0.2) is 4.79 Å². The Balaban J connectivity index is 0.00000285. The molecular formula is C42H63N7O6. The molecule has 0 saturated carbocycles. The zero-order valence-electron chi connectivity index (χ0n) is 34.4. The van der Waals surface area contributed by atoms with E-state index < -0.39 is 17.6 Å². The first-order valence-electron chi connectivity index (χ1n) is 20.3. The van der Waals surface area contributed by atoms with Gasteiger partial charge in [-0.2, -0.15) is 5.10 Å². The second-order valence-electron chi connectivity index (χ2n) is 16.2. The van der Waals surface area contributed by atoms with Crippen molar-refractivity contribution >= 4 is 23.7 Å². The number of carbonyl (C=O) groups is 3. The normalized spacial score (nSPS) is 19.5. The number of anilines is 1. The number of likely N-dealkylation sites (tertiary alicyclic amines) is 2. The van der Waals surface area contributed by atoms with Crippen LogP contribution in [0.2, 0.25) is 0 Å². The predicted molar refractivity (Wildman–Crippen MR) is 213 cm³/mol. The highest BCUT2D eigenvalue weighted by Gasteiger charge is 2.41. The molecule has 2 unspecified atom stereocenters. The van der Waals surface area contributed by atoms with Gasteiger partial charge in [-0.15, -0.1) is 0 Å². The van der Waals surface area contributed by atoms with Gasteiger partial charge in [0, 0.05) is 52.0 Å². The molecular weight excluding hydrogens is 699 g/mol. The monoisotopic (exact) mass is 761 g/mol. The molecule has 302 valence electrons. The molecule has 0 aliphatic carbocycles. The van der Waals surface area contributed by atoms with E-state index in [1.807, 2.05) is 104 Å². The van der Waals surface area contributed by atoms with Gasteiger partial charge in [0.05, 0.1) is 23.9 Å². The number of benzene rings is 1. The van der Waals surface area contributed by atoms with Crippen LogP contribution in [0, 0.1) is 5.92 Å². The van der Waals surface area contributed by atoms with Gasteiger partial charge in [0.25, 0.3) is 0 Å². The Morgan fingerprint density at radius 2 is 1.53 bits per heavy atom. The zero-order valence-corrected chi connectivity index (χ0v) is 34.4. The minimum Gasteiger partial charge on any atom is -0.444 e. The summed E-state index contributed by atoms with van der Waals surface area (Å²) in [6, 6.07) is 11.2. The molecule has 5 heterocycles. The lowest BCUT2D eigenvalue weighted by atomic mass is 9.91. The third-order valence-corrected chi connectivity index (χ3v) is 10.7. The van der Waals surface area contributed by atoms with Gasteiger partial charge in [-0.3, -0.25) is 14.3 Å². The van der Waals surface area contributed by atoms with Crippen LogP contribution in [0.1, 0.15) is 117 Å². The number of aryl methyl sites for hydroxylation is 1. The number of nitrogens with one attached hydrogen (secondary N) is 1. The Morgan fingerprint density at radius 3 is 2.11 bits per heavy atom. The van der Waals surface area contributed by atoms with E-state index in [0.717, 1.165) is 67.8 Å². The van der Waals surface area contributed by atoms with Crippen molar-refractivity contribution in [2.24, 2.45) is 13.0 Å². The fourth-order valence-electron chi connectivity index (χ4n) is 7.78. The first kappa shape index (κ1) is 41.8. The molecule has 6 rings (SSSR count). The molecule has 0 bridgehead atoms. The quantitative estimate of drug-likeness (QED) is 0.230. The summed E-state index contributed by atoms with van der Waals surface area (Å²) in [5.41, 5.74) is 2.57. The molecule has 2 aromatic heterocycles. The van der Waals surface area contributed by atoms with Crippen molar-refractivity contribution in [1.29, 1.82) is 0 Å². The van der Waals surface area contributed by atoms with Gasteiger partial charge in [0.1, 0.15) is 17.6 Å². The van der Waals surface area contributed by atoms with Crippen molar-refractivity contribution < 1.29 is 28.4 Å². The molecule has 13 nitrogen and oxygen atoms in total. The summed E-state index contributed by atoms with van der Waals surface area (Å²) in [5, 5.41) is 11.8. The third kappa shape index (κ3) is 10.5. The number of carbonyl (C=O) groups excluding carboxylic acids is 3. The summed E-state index contributed by atoms with van der Waals surface area (Å²) in [7, 11) is 1.91. The van der Waals surface area contributed by atoms with E-state index in [0.29, 0.717) is 31.8 Å². The van der Waals surface area contributed by atoms with E-state index in [4.69, 9.17) is 14.0 Å². The van der Waals surface area contributed by atoms with E-state index in [1.165, 1.54) is 0 Å². The summed E-state index contributed by atoms with van der Waals surface area (Å²) in [6.45, 7) is 19.0. The van der Waals surface area contributed by atoms with Crippen molar-refractivity contribution in [1.82, 2.24) is 30.1 Å². The highest BCUT2D eigenvalue weighted by atomic mass is 16.6. The van der Waals surface area contributed by atoms with Crippen molar-refractivity contribution in [3.63, 3.8) is 0 Å². The van der Waals surface area contributed by atoms with E-state index in [9.17, 15) is 14.4 Å². The summed E-state index contributed by atoms with van der Waals surface area (Å²) in [6.07, 6.45) is 6.51. The van der Waals surface area contributed by atoms with Crippen LogP contribution in [0.25, 0.3) is 11.3 Å². The SMILES string of the molecule is CC.CC(NC(=O)[C@@H]1CCCN1C(=O)C(c1cc(N2CCC(OC3CCN(C(=O)OC(C)(C)C)CC3)CC2)no1)C(C)C)c1ccc(-c2ccnn2C)cc1. The van der Waals surface area contributed by atoms with Gasteiger partial charge in [-0.05, 0) is 89.3 Å². The minimum absolute atomic E-state index is 0.0506. The standard InChI is InChI=1S/C40H57N7O6.C2H6/c1-26(2)36(38(49)47-20-8-9-33(47)37(48)42-27(3)28-10-12-29(13-11-28)32-14-19-41-44(32)7)34-25-35(43-53-34)45-21-15-30(16-22-45)51-31-17-23-46(24-18-31)39(50)52-40(4,5)6;1-2/h10-14,19,25-27,30-31,33,36H,8-9,15-18,20-24H2,1-7H3,(H,42,48);1-2H3/t27?,33-,36?;/m0./s1. The highest BCUT2D eigenvalue weighted by molar-refractivity contribution is 5.91. The van der Waals surface area contributed by atoms with Crippen molar-refractivity contribution in [3.05, 3.63) is 53.9 Å². The fraction of sp³-hybridized carbons (Fsp3) is 0.643. The van der Waals surface area contributed by atoms with Gasteiger partial charge in [0.15, 0.2) is 11.6 Å². The third-order valence-electron chi connectivity index (χ3n) is 10.7. The van der Waals surface area contributed by atoms with Crippen LogP contribution in [0.4, 0.5) is 10.6 Å². The highest BCUT2D eigenvalue weighted by Crippen LogP contribution is 2.34. The second-order valence-corrected chi connectivity index (χ2v) is 16.2. The molecule has 3 saturated heterocycles. The summed E-state index contributed by atoms with van der Waals surface area (Å²) in [4.78, 5) is 45.9. The average Bonchev–Trinajstić information content (AvgIpc) is 3.94. The van der Waals surface area contributed by atoms with Gasteiger partial charge < -0.3 is 34.0 Å². The number of amides is 3. The Hall–Kier alpha value is -4.39. The Kier molecular flexibility index (Phi) is 14.0. The number of rotatable bonds is 10. The van der Waals surface area contributed by atoms with E-state index in [-0.39, 0.29) is 42.1 Å². The average molecular weight is 762 g/mol. The first-order chi connectivity index (χ1) is 26.3. The molecule has 3 amide bonds. The summed E-state index contributed by atoms with van der Waals surface area (Å²) in [5.74, 6) is 0.417. The van der Waals surface area contributed by atoms with Gasteiger partial charge in [0.2, 0.25) is 11.8 Å². The lowest BCUT2D eigenvalue weighted by molar-refractivity contribution is -0.141. The van der Waals surface area contributed by atoms with Crippen LogP contribution in [-0.2, 0) is 26.1 Å². The van der Waals surface area contributed by atoms with Crippen LogP contribution in [0.5, 0.6) is 0 Å². The number of hydrogen-bond acceptors (Lipinski definition) is 9. The van der Waals surface area contributed by atoms with Crippen molar-refractivity contribution in [2.45, 2.75) is 130 Å². The van der Waals surface area contributed by atoms with Gasteiger partial charge >= 0.3 is 6.09 Å². The predicted octanol–water partition coefficient (Wildman–Crippen LogP) is 7.09. The fourth-order valence-corrected chi connectivity index (χ4v) is 7.78. The van der Waals surface area contributed by atoms with Crippen LogP contribution in [0.15, 0.2) is 47.1 Å². The molecule has 13 heteroatoms. The maximum Gasteiger partial charge on any atom is 0.410 e. The number of ether oxygens (including phenoxy) is 2. The van der Waals surface area contributed by atoms with E-state index in [2.05, 4.69) is 20.5 Å². The molecule has 0 radical (unpaired) electrons. The van der Waals surface area contributed by atoms with Crippen molar-refractivity contribution in [2.75, 3.05) is 37.6 Å². The van der Waals surface area contributed by atoms with Gasteiger partial charge in [-0.1, -0.05) is 57.1 Å². The smallest absolute Gasteiger partial charge is 0.410 e. The minimum atomic E-state index is -0.547. The first-order valence-corrected chi connectivity index (χ1v) is 20.3.